The first-order valence-electron chi connectivity index (χ1n) is 6.88. The largest absolute Gasteiger partial charge is 0.490 e. The molecule has 0 aliphatic carbocycles. The third-order valence-corrected chi connectivity index (χ3v) is 2.78. The fourth-order valence-corrected chi connectivity index (χ4v) is 1.88. The smallest absolute Gasteiger partial charge is 0.344 e. The summed E-state index contributed by atoms with van der Waals surface area (Å²) in [6, 6.07) is 5.54. The van der Waals surface area contributed by atoms with Crippen LogP contribution in [-0.4, -0.2) is 29.8 Å². The Morgan fingerprint density at radius 2 is 2.05 bits per heavy atom. The first-order chi connectivity index (χ1) is 9.47. The lowest BCUT2D eigenvalue weighted by Gasteiger charge is -2.17. The zero-order valence-electron chi connectivity index (χ0n) is 12.3. The third kappa shape index (κ3) is 4.74. The maximum atomic E-state index is 11.0. The molecule has 0 spiro atoms. The lowest BCUT2D eigenvalue weighted by atomic mass is 10.1. The lowest BCUT2D eigenvalue weighted by molar-refractivity contribution is -0.145. The normalized spacial score (nSPS) is 13.6. The van der Waals surface area contributed by atoms with Crippen LogP contribution in [0.5, 0.6) is 11.5 Å². The number of ether oxygens (including phenoxy) is 2. The van der Waals surface area contributed by atoms with E-state index >= 15 is 0 Å². The van der Waals surface area contributed by atoms with E-state index in [1.165, 1.54) is 0 Å². The predicted octanol–water partition coefficient (Wildman–Crippen LogP) is 2.22. The topological polar surface area (TPSA) is 81.8 Å². The van der Waals surface area contributed by atoms with Crippen LogP contribution in [0.2, 0.25) is 0 Å². The molecule has 0 aliphatic heterocycles. The van der Waals surface area contributed by atoms with Gasteiger partial charge >= 0.3 is 5.97 Å². The molecule has 0 heterocycles. The highest BCUT2D eigenvalue weighted by atomic mass is 16.5. The molecule has 5 heteroatoms. The zero-order valence-corrected chi connectivity index (χ0v) is 12.3. The van der Waals surface area contributed by atoms with E-state index in [0.717, 1.165) is 12.0 Å². The van der Waals surface area contributed by atoms with Crippen molar-refractivity contribution in [2.45, 2.75) is 45.8 Å². The molecule has 112 valence electrons. The summed E-state index contributed by atoms with van der Waals surface area (Å²) < 4.78 is 11.0. The fourth-order valence-electron chi connectivity index (χ4n) is 1.88. The number of nitrogens with two attached hydrogens (primary N) is 1. The monoisotopic (exact) mass is 281 g/mol. The van der Waals surface area contributed by atoms with E-state index < -0.39 is 12.1 Å². The molecule has 2 atom stereocenters. The number of rotatable bonds is 8. The van der Waals surface area contributed by atoms with Crippen molar-refractivity contribution in [3.8, 4) is 11.5 Å². The summed E-state index contributed by atoms with van der Waals surface area (Å²) >= 11 is 0. The first kappa shape index (κ1) is 16.3. The van der Waals surface area contributed by atoms with Crippen LogP contribution in [0.4, 0.5) is 0 Å². The standard InChI is InChI=1S/C15H23NO4/c1-4-12(15(17)18)20-13-7-6-11(8-10(3)16)9-14(13)19-5-2/h6-7,9-10,12H,4-5,8,16H2,1-3H3,(H,17,18). The molecule has 0 bridgehead atoms. The number of carboxylic acid groups (broad SMARTS) is 1. The second-order valence-corrected chi connectivity index (χ2v) is 4.75. The first-order valence-corrected chi connectivity index (χ1v) is 6.88. The van der Waals surface area contributed by atoms with Crippen LogP contribution in [0.3, 0.4) is 0 Å². The van der Waals surface area contributed by atoms with Crippen LogP contribution in [0.1, 0.15) is 32.8 Å². The van der Waals surface area contributed by atoms with Crippen molar-refractivity contribution < 1.29 is 19.4 Å². The Morgan fingerprint density at radius 1 is 1.35 bits per heavy atom. The fraction of sp³-hybridized carbons (Fsp3) is 0.533. The van der Waals surface area contributed by atoms with E-state index in [4.69, 9.17) is 20.3 Å². The Kier molecular flexibility index (Phi) is 6.31. The van der Waals surface area contributed by atoms with Crippen molar-refractivity contribution in [3.05, 3.63) is 23.8 Å². The second-order valence-electron chi connectivity index (χ2n) is 4.75. The minimum absolute atomic E-state index is 0.0543. The molecule has 0 aliphatic rings. The molecule has 0 amide bonds. The summed E-state index contributed by atoms with van der Waals surface area (Å²) in [5, 5.41) is 9.05. The predicted molar refractivity (Wildman–Crippen MR) is 77.3 cm³/mol. The van der Waals surface area contributed by atoms with Crippen LogP contribution in [0.25, 0.3) is 0 Å². The second kappa shape index (κ2) is 7.75. The van der Waals surface area contributed by atoms with Crippen molar-refractivity contribution in [2.75, 3.05) is 6.61 Å². The zero-order chi connectivity index (χ0) is 15.1. The van der Waals surface area contributed by atoms with E-state index in [1.54, 1.807) is 13.0 Å². The summed E-state index contributed by atoms with van der Waals surface area (Å²) in [6.07, 6.45) is 0.257. The molecule has 2 unspecified atom stereocenters. The van der Waals surface area contributed by atoms with Gasteiger partial charge in [0.25, 0.3) is 0 Å². The molecule has 1 aromatic carbocycles. The number of carboxylic acids is 1. The van der Waals surface area contributed by atoms with Gasteiger partial charge in [-0.15, -0.1) is 0 Å². The molecule has 5 nitrogen and oxygen atoms in total. The van der Waals surface area contributed by atoms with Crippen LogP contribution < -0.4 is 15.2 Å². The van der Waals surface area contributed by atoms with Crippen molar-refractivity contribution >= 4 is 5.97 Å². The molecule has 0 aromatic heterocycles. The van der Waals surface area contributed by atoms with Crippen LogP contribution in [0.15, 0.2) is 18.2 Å². The quantitative estimate of drug-likeness (QED) is 0.763. The molecule has 0 saturated carbocycles. The Balaban J connectivity index is 2.96. The van der Waals surface area contributed by atoms with Gasteiger partial charge < -0.3 is 20.3 Å². The van der Waals surface area contributed by atoms with E-state index in [-0.39, 0.29) is 6.04 Å². The van der Waals surface area contributed by atoms with E-state index in [9.17, 15) is 4.79 Å². The number of benzene rings is 1. The van der Waals surface area contributed by atoms with E-state index in [2.05, 4.69) is 0 Å². The summed E-state index contributed by atoms with van der Waals surface area (Å²) in [4.78, 5) is 11.0. The van der Waals surface area contributed by atoms with Gasteiger partial charge in [-0.1, -0.05) is 13.0 Å². The molecular weight excluding hydrogens is 258 g/mol. The Labute approximate surface area is 119 Å². The summed E-state index contributed by atoms with van der Waals surface area (Å²) in [6.45, 7) is 6.06. The van der Waals surface area contributed by atoms with Gasteiger partial charge in [0.1, 0.15) is 0 Å². The maximum absolute atomic E-state index is 11.0. The molecule has 0 radical (unpaired) electrons. The van der Waals surface area contributed by atoms with E-state index in [0.29, 0.717) is 24.5 Å². The van der Waals surface area contributed by atoms with Crippen molar-refractivity contribution in [1.82, 2.24) is 0 Å². The molecule has 1 rings (SSSR count). The van der Waals surface area contributed by atoms with Gasteiger partial charge in [-0.05, 0) is 44.4 Å². The van der Waals surface area contributed by atoms with Gasteiger partial charge in [-0.25, -0.2) is 4.79 Å². The molecule has 3 N–H and O–H groups in total. The molecular formula is C15H23NO4. The molecule has 0 fully saturated rings. The summed E-state index contributed by atoms with van der Waals surface area (Å²) in [5.41, 5.74) is 6.82. The highest BCUT2D eigenvalue weighted by Crippen LogP contribution is 2.30. The van der Waals surface area contributed by atoms with Gasteiger partial charge in [-0.3, -0.25) is 0 Å². The summed E-state index contributed by atoms with van der Waals surface area (Å²) in [5.74, 6) is 0.0366. The molecule has 1 aromatic rings. The van der Waals surface area contributed by atoms with Crippen molar-refractivity contribution in [2.24, 2.45) is 5.73 Å². The van der Waals surface area contributed by atoms with Crippen molar-refractivity contribution in [1.29, 1.82) is 0 Å². The van der Waals surface area contributed by atoms with Gasteiger partial charge in [0.2, 0.25) is 0 Å². The van der Waals surface area contributed by atoms with Gasteiger partial charge in [0, 0.05) is 6.04 Å². The Bertz CT molecular complexity index is 445. The Hall–Kier alpha value is -1.75. The van der Waals surface area contributed by atoms with Gasteiger partial charge in [0.15, 0.2) is 17.6 Å². The Morgan fingerprint density at radius 3 is 2.55 bits per heavy atom. The van der Waals surface area contributed by atoms with Crippen LogP contribution >= 0.6 is 0 Å². The average Bonchev–Trinajstić information content (AvgIpc) is 2.37. The SMILES string of the molecule is CCOc1cc(CC(C)N)ccc1OC(CC)C(=O)O. The lowest BCUT2D eigenvalue weighted by Crippen LogP contribution is -2.26. The number of carbonyl (C=O) groups is 1. The third-order valence-electron chi connectivity index (χ3n) is 2.78. The highest BCUT2D eigenvalue weighted by Gasteiger charge is 2.19. The number of hydrogen-bond donors (Lipinski definition) is 2. The average molecular weight is 281 g/mol. The van der Waals surface area contributed by atoms with Crippen LogP contribution in [0, 0.1) is 0 Å². The van der Waals surface area contributed by atoms with Gasteiger partial charge in [-0.2, -0.15) is 0 Å². The minimum Gasteiger partial charge on any atom is -0.490 e. The molecule has 20 heavy (non-hydrogen) atoms. The minimum atomic E-state index is -0.977. The van der Waals surface area contributed by atoms with E-state index in [1.807, 2.05) is 26.0 Å². The number of aliphatic carboxylic acids is 1. The maximum Gasteiger partial charge on any atom is 0.344 e. The summed E-state index contributed by atoms with van der Waals surface area (Å²) in [7, 11) is 0. The van der Waals surface area contributed by atoms with Crippen molar-refractivity contribution in [3.63, 3.8) is 0 Å². The highest BCUT2D eigenvalue weighted by molar-refractivity contribution is 5.72. The van der Waals surface area contributed by atoms with Crippen LogP contribution in [-0.2, 0) is 11.2 Å². The van der Waals surface area contributed by atoms with Gasteiger partial charge in [0.05, 0.1) is 6.61 Å². The number of hydrogen-bond acceptors (Lipinski definition) is 4. The molecule has 0 saturated heterocycles.